The molecule has 0 unspecified atom stereocenters. The fraction of sp³-hybridized carbons (Fsp3) is 0.333. The highest BCUT2D eigenvalue weighted by Crippen LogP contribution is 2.22. The van der Waals surface area contributed by atoms with E-state index in [1.54, 1.807) is 0 Å². The quantitative estimate of drug-likeness (QED) is 0.798. The smallest absolute Gasteiger partial charge is 0.342 e. The van der Waals surface area contributed by atoms with Crippen molar-refractivity contribution >= 4 is 17.4 Å². The number of nitrogens with zero attached hydrogens (tertiary/aromatic N) is 3. The zero-order chi connectivity index (χ0) is 18.7. The number of nitrogens with one attached hydrogen (secondary N) is 1. The van der Waals surface area contributed by atoms with Crippen LogP contribution in [0.5, 0.6) is 5.75 Å². The molecule has 0 aliphatic carbocycles. The van der Waals surface area contributed by atoms with Crippen LogP contribution in [0.1, 0.15) is 48.9 Å². The van der Waals surface area contributed by atoms with Crippen LogP contribution < -0.4 is 15.7 Å². The number of aromatic nitrogens is 2. The minimum absolute atomic E-state index is 0.131. The number of anilines is 1. The van der Waals surface area contributed by atoms with Crippen LogP contribution in [0.4, 0.5) is 5.69 Å². The Morgan fingerprint density at radius 3 is 2.81 bits per heavy atom. The van der Waals surface area contributed by atoms with Gasteiger partial charge >= 0.3 is 5.97 Å². The van der Waals surface area contributed by atoms with Gasteiger partial charge in [0.1, 0.15) is 17.0 Å². The number of hydrogen-bond acceptors (Lipinski definition) is 6. The Labute approximate surface area is 150 Å². The summed E-state index contributed by atoms with van der Waals surface area (Å²) in [7, 11) is 0. The lowest BCUT2D eigenvalue weighted by molar-refractivity contribution is 0.0693. The molecule has 0 saturated carbocycles. The minimum atomic E-state index is -1.28. The van der Waals surface area contributed by atoms with Gasteiger partial charge in [0.15, 0.2) is 5.82 Å². The summed E-state index contributed by atoms with van der Waals surface area (Å²) in [5, 5.41) is 13.5. The van der Waals surface area contributed by atoms with Crippen molar-refractivity contribution in [3.05, 3.63) is 52.2 Å². The summed E-state index contributed by atoms with van der Waals surface area (Å²) in [5.41, 5.74) is 3.46. The molecule has 2 heterocycles. The molecule has 0 radical (unpaired) electrons. The maximum atomic E-state index is 12.4. The predicted molar refractivity (Wildman–Crippen MR) is 97.2 cm³/mol. The molecule has 0 fully saturated rings. The van der Waals surface area contributed by atoms with Crippen molar-refractivity contribution in [2.45, 2.75) is 32.7 Å². The largest absolute Gasteiger partial charge is 0.494 e. The third kappa shape index (κ3) is 3.44. The number of hydrazone groups is 1. The van der Waals surface area contributed by atoms with Gasteiger partial charge in [-0.15, -0.1) is 0 Å². The fourth-order valence-corrected chi connectivity index (χ4v) is 2.86. The van der Waals surface area contributed by atoms with Crippen LogP contribution in [-0.4, -0.2) is 32.9 Å². The van der Waals surface area contributed by atoms with Gasteiger partial charge in [0.2, 0.25) is 0 Å². The van der Waals surface area contributed by atoms with Crippen LogP contribution in [0, 0.1) is 0 Å². The van der Waals surface area contributed by atoms with Crippen LogP contribution in [0.15, 0.2) is 40.4 Å². The summed E-state index contributed by atoms with van der Waals surface area (Å²) in [6, 6.07) is 7.23. The highest BCUT2D eigenvalue weighted by Gasteiger charge is 2.26. The summed E-state index contributed by atoms with van der Waals surface area (Å²) in [4.78, 5) is 27.8. The topological polar surface area (TPSA) is 106 Å². The number of carboxylic acids is 1. The van der Waals surface area contributed by atoms with Gasteiger partial charge in [-0.3, -0.25) is 14.8 Å². The molecule has 0 amide bonds. The van der Waals surface area contributed by atoms with Gasteiger partial charge in [-0.05, 0) is 51.0 Å². The van der Waals surface area contributed by atoms with Crippen molar-refractivity contribution in [1.82, 2.24) is 9.55 Å². The fourth-order valence-electron chi connectivity index (χ4n) is 2.86. The van der Waals surface area contributed by atoms with E-state index < -0.39 is 11.5 Å². The van der Waals surface area contributed by atoms with E-state index >= 15 is 0 Å². The molecule has 2 aromatic rings. The summed E-state index contributed by atoms with van der Waals surface area (Å²) in [6.45, 7) is 4.39. The van der Waals surface area contributed by atoms with E-state index in [9.17, 15) is 9.59 Å². The van der Waals surface area contributed by atoms with Gasteiger partial charge in [-0.1, -0.05) is 0 Å². The number of ether oxygens (including phenoxy) is 1. The van der Waals surface area contributed by atoms with Crippen LogP contribution in [0.3, 0.4) is 0 Å². The molecule has 0 saturated heterocycles. The average Bonchev–Trinajstić information content (AvgIpc) is 2.62. The molecule has 0 bridgehead atoms. The first kappa shape index (κ1) is 17.7. The number of hydrogen-bond donors (Lipinski definition) is 2. The highest BCUT2D eigenvalue weighted by atomic mass is 16.5. The number of carboxylic acid groups (broad SMARTS) is 1. The molecule has 136 valence electrons. The Kier molecular flexibility index (Phi) is 5.01. The molecule has 26 heavy (non-hydrogen) atoms. The summed E-state index contributed by atoms with van der Waals surface area (Å²) >= 11 is 0. The molecule has 1 aliphatic heterocycles. The number of carbonyl (C=O) groups is 1. The first-order valence-corrected chi connectivity index (χ1v) is 8.42. The Hall–Kier alpha value is -3.16. The van der Waals surface area contributed by atoms with Crippen molar-refractivity contribution in [2.75, 3.05) is 12.0 Å². The van der Waals surface area contributed by atoms with Crippen molar-refractivity contribution in [3.63, 3.8) is 0 Å². The molecule has 1 aromatic heterocycles. The minimum Gasteiger partial charge on any atom is -0.494 e. The number of rotatable bonds is 5. The Morgan fingerprint density at radius 2 is 2.15 bits per heavy atom. The molecule has 0 spiro atoms. The van der Waals surface area contributed by atoms with E-state index in [4.69, 9.17) is 9.84 Å². The van der Waals surface area contributed by atoms with Gasteiger partial charge in [-0.25, -0.2) is 9.78 Å². The zero-order valence-corrected chi connectivity index (χ0v) is 14.6. The van der Waals surface area contributed by atoms with Gasteiger partial charge in [-0.2, -0.15) is 5.10 Å². The Morgan fingerprint density at radius 1 is 1.42 bits per heavy atom. The predicted octanol–water partition coefficient (Wildman–Crippen LogP) is 2.51. The van der Waals surface area contributed by atoms with E-state index in [-0.39, 0.29) is 11.6 Å². The summed E-state index contributed by atoms with van der Waals surface area (Å²) < 4.78 is 6.81. The maximum Gasteiger partial charge on any atom is 0.342 e. The summed E-state index contributed by atoms with van der Waals surface area (Å²) in [5.74, 6) is -0.101. The molecule has 2 N–H and O–H groups in total. The molecule has 1 aliphatic rings. The van der Waals surface area contributed by atoms with Crippen molar-refractivity contribution in [2.24, 2.45) is 5.10 Å². The van der Waals surface area contributed by atoms with Crippen LogP contribution >= 0.6 is 0 Å². The van der Waals surface area contributed by atoms with Gasteiger partial charge in [0.05, 0.1) is 12.3 Å². The Bertz CT molecular complexity index is 902. The molecule has 8 heteroatoms. The Balaban J connectivity index is 1.89. The van der Waals surface area contributed by atoms with Crippen LogP contribution in [-0.2, 0) is 0 Å². The second-order valence-corrected chi connectivity index (χ2v) is 5.99. The van der Waals surface area contributed by atoms with Gasteiger partial charge in [0, 0.05) is 12.2 Å². The molecule has 1 atom stereocenters. The van der Waals surface area contributed by atoms with E-state index in [0.717, 1.165) is 17.6 Å². The molecule has 8 nitrogen and oxygen atoms in total. The number of benzene rings is 1. The van der Waals surface area contributed by atoms with Crippen molar-refractivity contribution < 1.29 is 14.6 Å². The molecular formula is C18H20N4O4. The first-order valence-electron chi connectivity index (χ1n) is 8.42. The average molecular weight is 356 g/mol. The van der Waals surface area contributed by atoms with Crippen molar-refractivity contribution in [1.29, 1.82) is 0 Å². The maximum absolute atomic E-state index is 12.4. The number of fused-ring (bicyclic) bond motifs is 1. The normalized spacial score (nSPS) is 17.6. The summed E-state index contributed by atoms with van der Waals surface area (Å²) in [6.07, 6.45) is 2.42. The zero-order valence-electron chi connectivity index (χ0n) is 14.6. The van der Waals surface area contributed by atoms with E-state index in [1.165, 1.54) is 4.57 Å². The molecular weight excluding hydrogens is 336 g/mol. The lowest BCUT2D eigenvalue weighted by Crippen LogP contribution is -2.37. The second kappa shape index (κ2) is 7.38. The van der Waals surface area contributed by atoms with Crippen LogP contribution in [0.2, 0.25) is 0 Å². The van der Waals surface area contributed by atoms with E-state index in [1.807, 2.05) is 38.1 Å². The standard InChI is InChI=1S/C18H20N4O4/c1-3-26-13-7-5-12(6-8-13)20-21-15-9-4-11(2)22-16(15)19-10-14(17(22)23)18(24)25/h5-8,10-11,20H,3-4,9H2,1-2H3,(H,24,25)/b21-15+/t11-/m1/s1. The van der Waals surface area contributed by atoms with E-state index in [2.05, 4.69) is 15.5 Å². The third-order valence-corrected chi connectivity index (χ3v) is 4.21. The van der Waals surface area contributed by atoms with Gasteiger partial charge in [0.25, 0.3) is 5.56 Å². The lowest BCUT2D eigenvalue weighted by Gasteiger charge is -2.25. The van der Waals surface area contributed by atoms with Crippen LogP contribution in [0.25, 0.3) is 0 Å². The lowest BCUT2D eigenvalue weighted by atomic mass is 10.0. The monoisotopic (exact) mass is 356 g/mol. The number of aromatic carboxylic acids is 1. The second-order valence-electron chi connectivity index (χ2n) is 5.99. The molecule has 3 rings (SSSR count). The molecule has 1 aromatic carbocycles. The van der Waals surface area contributed by atoms with E-state index in [0.29, 0.717) is 31.0 Å². The SMILES string of the molecule is CCOc1ccc(N/N=C2\CC[C@@H](C)n3c2ncc(C(=O)O)c3=O)cc1. The highest BCUT2D eigenvalue weighted by molar-refractivity contribution is 5.99. The van der Waals surface area contributed by atoms with Gasteiger partial charge < -0.3 is 9.84 Å². The first-order chi connectivity index (χ1) is 12.5. The third-order valence-electron chi connectivity index (χ3n) is 4.21. The van der Waals surface area contributed by atoms with Crippen molar-refractivity contribution in [3.8, 4) is 5.75 Å².